The summed E-state index contributed by atoms with van der Waals surface area (Å²) < 4.78 is 12.2. The normalized spacial score (nSPS) is 14.6. The summed E-state index contributed by atoms with van der Waals surface area (Å²) in [7, 11) is 0. The third-order valence-electron chi connectivity index (χ3n) is 7.23. The number of rotatable bonds is 10. The molecule has 0 atom stereocenters. The number of non-ortho nitro benzene ring substituents is 1. The van der Waals surface area contributed by atoms with E-state index in [1.54, 1.807) is 12.1 Å². The van der Waals surface area contributed by atoms with Crippen molar-refractivity contribution in [2.75, 3.05) is 18.1 Å². The monoisotopic (exact) mass is 529 g/mol. The van der Waals surface area contributed by atoms with Gasteiger partial charge in [0.05, 0.1) is 17.2 Å². The van der Waals surface area contributed by atoms with Crippen molar-refractivity contribution in [2.45, 2.75) is 52.0 Å². The number of oxazole rings is 1. The zero-order valence-corrected chi connectivity index (χ0v) is 21.9. The van der Waals surface area contributed by atoms with Gasteiger partial charge in [-0.3, -0.25) is 14.9 Å². The molecule has 0 saturated carbocycles. The summed E-state index contributed by atoms with van der Waals surface area (Å²) in [6.07, 6.45) is 10.1. The van der Waals surface area contributed by atoms with Crippen molar-refractivity contribution in [1.82, 2.24) is 4.98 Å². The molecule has 0 unspecified atom stereocenters. The maximum absolute atomic E-state index is 11.3. The molecule has 0 fully saturated rings. The first-order chi connectivity index (χ1) is 18.9. The summed E-state index contributed by atoms with van der Waals surface area (Å²) in [6, 6.07) is 10.4. The highest BCUT2D eigenvalue weighted by atomic mass is 16.6. The highest BCUT2D eigenvalue weighted by molar-refractivity contribution is 5.69. The molecule has 9 nitrogen and oxygen atoms in total. The molecular formula is C30H31N3O6. The van der Waals surface area contributed by atoms with Gasteiger partial charge in [0, 0.05) is 54.9 Å². The number of fused-ring (bicyclic) bond motifs is 1. The van der Waals surface area contributed by atoms with Gasteiger partial charge in [0.2, 0.25) is 5.89 Å². The molecule has 1 aliphatic heterocycles. The van der Waals surface area contributed by atoms with Crippen LogP contribution in [0.3, 0.4) is 0 Å². The number of nitrogens with zero attached hydrogens (tertiary/aromatic N) is 3. The molecule has 2 aromatic carbocycles. The lowest BCUT2D eigenvalue weighted by Crippen LogP contribution is -2.31. The van der Waals surface area contributed by atoms with Crippen molar-refractivity contribution >= 4 is 22.9 Å². The molecule has 2 aliphatic rings. The SMILES string of the molecule is Cc1oc(C2=CCCC=C2)nc1CCOc1ccc(CCC(=O)O)c2c1CCN(c1ccc([N+](=O)[O-])cc1)C2. The van der Waals surface area contributed by atoms with Crippen molar-refractivity contribution in [2.24, 2.45) is 0 Å². The molecule has 9 heteroatoms. The Hall–Kier alpha value is -4.40. The predicted molar refractivity (Wildman–Crippen MR) is 147 cm³/mol. The fourth-order valence-corrected chi connectivity index (χ4v) is 5.14. The van der Waals surface area contributed by atoms with Gasteiger partial charge >= 0.3 is 5.97 Å². The molecular weight excluding hydrogens is 498 g/mol. The molecule has 0 saturated heterocycles. The van der Waals surface area contributed by atoms with Crippen molar-refractivity contribution in [1.29, 1.82) is 0 Å². The fourth-order valence-electron chi connectivity index (χ4n) is 5.14. The largest absolute Gasteiger partial charge is 0.493 e. The molecule has 1 aliphatic carbocycles. The first-order valence-electron chi connectivity index (χ1n) is 13.2. The summed E-state index contributed by atoms with van der Waals surface area (Å²) >= 11 is 0. The van der Waals surface area contributed by atoms with Gasteiger partial charge in [-0.15, -0.1) is 0 Å². The lowest BCUT2D eigenvalue weighted by Gasteiger charge is -2.33. The molecule has 2 heterocycles. The minimum Gasteiger partial charge on any atom is -0.493 e. The first-order valence-corrected chi connectivity index (χ1v) is 13.2. The number of nitro groups is 1. The van der Waals surface area contributed by atoms with Crippen molar-refractivity contribution in [3.05, 3.63) is 98.8 Å². The molecule has 202 valence electrons. The first kappa shape index (κ1) is 26.2. The molecule has 1 aromatic heterocycles. The highest BCUT2D eigenvalue weighted by Gasteiger charge is 2.24. The van der Waals surface area contributed by atoms with Crippen LogP contribution in [0.5, 0.6) is 5.75 Å². The van der Waals surface area contributed by atoms with Crippen LogP contribution >= 0.6 is 0 Å². The topological polar surface area (TPSA) is 119 Å². The molecule has 3 aromatic rings. The third-order valence-corrected chi connectivity index (χ3v) is 7.23. The zero-order chi connectivity index (χ0) is 27.4. The molecule has 0 amide bonds. The van der Waals surface area contributed by atoms with Gasteiger partial charge in [-0.05, 0) is 61.9 Å². The second-order valence-corrected chi connectivity index (χ2v) is 9.78. The maximum Gasteiger partial charge on any atom is 0.303 e. The number of hydrogen-bond acceptors (Lipinski definition) is 7. The number of hydrogen-bond donors (Lipinski definition) is 1. The Labute approximate surface area is 226 Å². The van der Waals surface area contributed by atoms with Crippen molar-refractivity contribution < 1.29 is 24.0 Å². The van der Waals surface area contributed by atoms with Crippen LogP contribution < -0.4 is 9.64 Å². The Balaban J connectivity index is 1.32. The van der Waals surface area contributed by atoms with E-state index in [-0.39, 0.29) is 12.1 Å². The Morgan fingerprint density at radius 1 is 1.15 bits per heavy atom. The van der Waals surface area contributed by atoms with Gasteiger partial charge < -0.3 is 19.2 Å². The van der Waals surface area contributed by atoms with Gasteiger partial charge in [-0.25, -0.2) is 4.98 Å². The Morgan fingerprint density at radius 3 is 2.69 bits per heavy atom. The van der Waals surface area contributed by atoms with Gasteiger partial charge in [0.1, 0.15) is 11.5 Å². The number of allylic oxidation sites excluding steroid dienone is 4. The lowest BCUT2D eigenvalue weighted by molar-refractivity contribution is -0.384. The number of aryl methyl sites for hydroxylation is 2. The number of benzene rings is 2. The van der Waals surface area contributed by atoms with Gasteiger partial charge in [-0.2, -0.15) is 0 Å². The van der Waals surface area contributed by atoms with Crippen LogP contribution in [0.15, 0.2) is 59.0 Å². The van der Waals surface area contributed by atoms with Crippen molar-refractivity contribution in [3.63, 3.8) is 0 Å². The van der Waals surface area contributed by atoms with E-state index in [9.17, 15) is 20.0 Å². The summed E-state index contributed by atoms with van der Waals surface area (Å²) in [5.74, 6) is 1.39. The van der Waals surface area contributed by atoms with Crippen LogP contribution in [0, 0.1) is 17.0 Å². The average molecular weight is 530 g/mol. The smallest absolute Gasteiger partial charge is 0.303 e. The van der Waals surface area contributed by atoms with Crippen LogP contribution in [0.2, 0.25) is 0 Å². The molecule has 0 spiro atoms. The number of anilines is 1. The second-order valence-electron chi connectivity index (χ2n) is 9.78. The maximum atomic E-state index is 11.3. The van der Waals surface area contributed by atoms with E-state index in [0.29, 0.717) is 31.9 Å². The molecule has 0 radical (unpaired) electrons. The van der Waals surface area contributed by atoms with E-state index < -0.39 is 10.9 Å². The van der Waals surface area contributed by atoms with Gasteiger partial charge in [0.15, 0.2) is 0 Å². The summed E-state index contributed by atoms with van der Waals surface area (Å²) in [5, 5.41) is 20.3. The molecule has 39 heavy (non-hydrogen) atoms. The standard InChI is InChI=1S/C30H31N3O6/c1-20-27(31-30(39-20)22-5-3-2-4-6-22)16-18-38-28-13-7-21(8-14-29(34)35)26-19-32(17-15-25(26)28)23-9-11-24(12-10-23)33(36)37/h3,5-7,9-13H,2,4,8,14-19H2,1H3,(H,34,35). The minimum atomic E-state index is -0.839. The van der Waals surface area contributed by atoms with E-state index in [0.717, 1.165) is 71.0 Å². The lowest BCUT2D eigenvalue weighted by atomic mass is 9.91. The summed E-state index contributed by atoms with van der Waals surface area (Å²) in [4.78, 5) is 28.8. The van der Waals surface area contributed by atoms with Crippen LogP contribution in [-0.2, 0) is 30.6 Å². The predicted octanol–water partition coefficient (Wildman–Crippen LogP) is 5.83. The van der Waals surface area contributed by atoms with E-state index in [1.807, 2.05) is 25.1 Å². The second kappa shape index (κ2) is 11.6. The summed E-state index contributed by atoms with van der Waals surface area (Å²) in [6.45, 7) is 3.66. The average Bonchev–Trinajstić information content (AvgIpc) is 3.32. The number of carbonyl (C=O) groups is 1. The van der Waals surface area contributed by atoms with Crippen LogP contribution in [0.4, 0.5) is 11.4 Å². The number of nitro benzene ring substituents is 1. The number of aliphatic carboxylic acids is 1. The highest BCUT2D eigenvalue weighted by Crippen LogP contribution is 2.34. The van der Waals surface area contributed by atoms with Gasteiger partial charge in [0.25, 0.3) is 5.69 Å². The number of carboxylic acids is 1. The Kier molecular flexibility index (Phi) is 7.76. The Morgan fingerprint density at radius 2 is 1.97 bits per heavy atom. The van der Waals surface area contributed by atoms with E-state index >= 15 is 0 Å². The minimum absolute atomic E-state index is 0.0452. The summed E-state index contributed by atoms with van der Waals surface area (Å²) in [5.41, 5.74) is 5.97. The molecule has 1 N–H and O–H groups in total. The van der Waals surface area contributed by atoms with Crippen LogP contribution in [0.25, 0.3) is 5.57 Å². The quantitative estimate of drug-likeness (QED) is 0.258. The fraction of sp³-hybridized carbons (Fsp3) is 0.333. The number of ether oxygens (including phenoxy) is 1. The van der Waals surface area contributed by atoms with Gasteiger partial charge in [-0.1, -0.05) is 24.3 Å². The van der Waals surface area contributed by atoms with E-state index in [1.165, 1.54) is 12.1 Å². The molecule has 0 bridgehead atoms. The number of aromatic nitrogens is 1. The van der Waals surface area contributed by atoms with Crippen LogP contribution in [-0.4, -0.2) is 34.1 Å². The van der Waals surface area contributed by atoms with E-state index in [2.05, 4.69) is 17.1 Å². The molecule has 5 rings (SSSR count). The third kappa shape index (κ3) is 6.03. The van der Waals surface area contributed by atoms with E-state index in [4.69, 9.17) is 14.1 Å². The van der Waals surface area contributed by atoms with Crippen LogP contribution in [0.1, 0.15) is 53.3 Å². The zero-order valence-electron chi connectivity index (χ0n) is 21.9. The Bertz CT molecular complexity index is 1440. The van der Waals surface area contributed by atoms with Crippen molar-refractivity contribution in [3.8, 4) is 5.75 Å². The number of carboxylic acid groups (broad SMARTS) is 1.